The average Bonchev–Trinajstić information content (AvgIpc) is 2.71. The van der Waals surface area contributed by atoms with Crippen LogP contribution in [0, 0.1) is 40.2 Å². The number of aryl methyl sites for hydroxylation is 1. The Labute approximate surface area is 176 Å². The Balaban J connectivity index is 1.23. The SMILES string of the molecule is Cc1cc(C(=O)N2CCN(C(=O)C34CC5CC(CC(C5)C3)C4)CC2)ccc1[N+](=O)[O-]. The van der Waals surface area contributed by atoms with Crippen LogP contribution in [-0.4, -0.2) is 52.7 Å². The van der Waals surface area contributed by atoms with Crippen LogP contribution in [0.15, 0.2) is 18.2 Å². The molecule has 1 aliphatic heterocycles. The minimum atomic E-state index is -0.432. The summed E-state index contributed by atoms with van der Waals surface area (Å²) in [6.07, 6.45) is 7.17. The minimum Gasteiger partial charge on any atom is -0.339 e. The van der Waals surface area contributed by atoms with Crippen LogP contribution in [0.4, 0.5) is 5.69 Å². The van der Waals surface area contributed by atoms with Gasteiger partial charge < -0.3 is 9.80 Å². The van der Waals surface area contributed by atoms with Gasteiger partial charge in [0.1, 0.15) is 0 Å². The predicted molar refractivity (Wildman–Crippen MR) is 111 cm³/mol. The van der Waals surface area contributed by atoms with Gasteiger partial charge in [-0.3, -0.25) is 19.7 Å². The maximum absolute atomic E-state index is 13.5. The molecule has 4 saturated carbocycles. The van der Waals surface area contributed by atoms with Crippen LogP contribution in [0.3, 0.4) is 0 Å². The normalized spacial score (nSPS) is 32.4. The van der Waals surface area contributed by atoms with Gasteiger partial charge in [-0.1, -0.05) is 0 Å². The van der Waals surface area contributed by atoms with Gasteiger partial charge >= 0.3 is 0 Å². The fourth-order valence-electron chi connectivity index (χ4n) is 7.00. The monoisotopic (exact) mass is 411 g/mol. The first kappa shape index (κ1) is 19.5. The first-order valence-electron chi connectivity index (χ1n) is 11.2. The van der Waals surface area contributed by atoms with Crippen molar-refractivity contribution < 1.29 is 14.5 Å². The van der Waals surface area contributed by atoms with Crippen molar-refractivity contribution in [1.29, 1.82) is 0 Å². The Hall–Kier alpha value is -2.44. The number of piperazine rings is 1. The first-order chi connectivity index (χ1) is 14.3. The van der Waals surface area contributed by atoms with E-state index in [9.17, 15) is 19.7 Å². The average molecular weight is 412 g/mol. The highest BCUT2D eigenvalue weighted by Crippen LogP contribution is 2.60. The van der Waals surface area contributed by atoms with Crippen molar-refractivity contribution in [1.82, 2.24) is 9.80 Å². The summed E-state index contributed by atoms with van der Waals surface area (Å²) in [5, 5.41) is 11.0. The Morgan fingerprint density at radius 3 is 2.00 bits per heavy atom. The lowest BCUT2D eigenvalue weighted by molar-refractivity contribution is -0.385. The van der Waals surface area contributed by atoms with Gasteiger partial charge in [-0.05, 0) is 75.3 Å². The molecule has 0 aromatic heterocycles. The summed E-state index contributed by atoms with van der Waals surface area (Å²) in [7, 11) is 0. The van der Waals surface area contributed by atoms with Gasteiger partial charge in [-0.2, -0.15) is 0 Å². The Kier molecular flexibility index (Phi) is 4.60. The third-order valence-corrected chi connectivity index (χ3v) is 7.99. The van der Waals surface area contributed by atoms with Crippen molar-refractivity contribution in [2.45, 2.75) is 45.4 Å². The summed E-state index contributed by atoms with van der Waals surface area (Å²) < 4.78 is 0. The summed E-state index contributed by atoms with van der Waals surface area (Å²) in [5.74, 6) is 2.45. The highest BCUT2D eigenvalue weighted by atomic mass is 16.6. The molecule has 1 heterocycles. The van der Waals surface area contributed by atoms with Crippen molar-refractivity contribution in [3.63, 3.8) is 0 Å². The summed E-state index contributed by atoms with van der Waals surface area (Å²) in [5.41, 5.74) is 0.856. The Morgan fingerprint density at radius 2 is 1.50 bits per heavy atom. The van der Waals surface area contributed by atoms with E-state index in [1.165, 1.54) is 31.4 Å². The molecule has 0 unspecified atom stereocenters. The molecule has 6 rings (SSSR count). The molecule has 0 atom stereocenters. The minimum absolute atomic E-state index is 0.0255. The van der Waals surface area contributed by atoms with Crippen LogP contribution in [0.5, 0.6) is 0 Å². The second-order valence-electron chi connectivity index (χ2n) is 10.0. The van der Waals surface area contributed by atoms with E-state index in [0.29, 0.717) is 43.2 Å². The number of carbonyl (C=O) groups is 2. The zero-order chi connectivity index (χ0) is 21.0. The van der Waals surface area contributed by atoms with Crippen molar-refractivity contribution in [3.8, 4) is 0 Å². The standard InChI is InChI=1S/C23H29N3O4/c1-15-8-19(2-3-20(15)26(29)30)21(27)24-4-6-25(7-5-24)22(28)23-12-16-9-17(13-23)11-18(10-16)14-23/h2-3,8,16-18H,4-7,9-14H2,1H3. The summed E-state index contributed by atoms with van der Waals surface area (Å²) in [6.45, 7) is 3.85. The van der Waals surface area contributed by atoms with Crippen LogP contribution < -0.4 is 0 Å². The second kappa shape index (κ2) is 7.06. The van der Waals surface area contributed by atoms with E-state index < -0.39 is 4.92 Å². The quantitative estimate of drug-likeness (QED) is 0.564. The molecule has 7 heteroatoms. The van der Waals surface area contributed by atoms with Crippen molar-refractivity contribution in [3.05, 3.63) is 39.4 Å². The third kappa shape index (κ3) is 3.19. The molecule has 160 valence electrons. The van der Waals surface area contributed by atoms with E-state index in [1.807, 2.05) is 4.90 Å². The number of hydrogen-bond acceptors (Lipinski definition) is 4. The molecular formula is C23H29N3O4. The molecule has 1 aromatic carbocycles. The molecule has 1 aromatic rings. The number of amides is 2. The van der Waals surface area contributed by atoms with Gasteiger partial charge in [0.15, 0.2) is 0 Å². The smallest absolute Gasteiger partial charge is 0.272 e. The summed E-state index contributed by atoms with van der Waals surface area (Å²) in [6, 6.07) is 4.52. The van der Waals surface area contributed by atoms with Gasteiger partial charge in [-0.15, -0.1) is 0 Å². The fourth-order valence-corrected chi connectivity index (χ4v) is 7.00. The molecule has 0 radical (unpaired) electrons. The van der Waals surface area contributed by atoms with E-state index in [1.54, 1.807) is 17.9 Å². The maximum Gasteiger partial charge on any atom is 0.272 e. The largest absolute Gasteiger partial charge is 0.339 e. The molecule has 4 bridgehead atoms. The van der Waals surface area contributed by atoms with Crippen molar-refractivity contribution in [2.75, 3.05) is 26.2 Å². The number of rotatable bonds is 3. The molecule has 30 heavy (non-hydrogen) atoms. The molecular weight excluding hydrogens is 382 g/mol. The molecule has 7 nitrogen and oxygen atoms in total. The molecule has 4 aliphatic carbocycles. The molecule has 0 spiro atoms. The van der Waals surface area contributed by atoms with E-state index in [0.717, 1.165) is 37.0 Å². The van der Waals surface area contributed by atoms with E-state index in [4.69, 9.17) is 0 Å². The van der Waals surface area contributed by atoms with Crippen molar-refractivity contribution >= 4 is 17.5 Å². The van der Waals surface area contributed by atoms with E-state index in [-0.39, 0.29) is 17.0 Å². The van der Waals surface area contributed by atoms with Crippen LogP contribution in [0.1, 0.15) is 54.4 Å². The highest BCUT2D eigenvalue weighted by Gasteiger charge is 2.55. The summed E-state index contributed by atoms with van der Waals surface area (Å²) >= 11 is 0. The van der Waals surface area contributed by atoms with Crippen LogP contribution in [0.2, 0.25) is 0 Å². The van der Waals surface area contributed by atoms with Gasteiger partial charge in [0.2, 0.25) is 5.91 Å². The molecule has 1 saturated heterocycles. The molecule has 5 fully saturated rings. The maximum atomic E-state index is 13.5. The summed E-state index contributed by atoms with van der Waals surface area (Å²) in [4.78, 5) is 40.7. The van der Waals surface area contributed by atoms with Crippen LogP contribution >= 0.6 is 0 Å². The highest BCUT2D eigenvalue weighted by molar-refractivity contribution is 5.95. The lowest BCUT2D eigenvalue weighted by atomic mass is 9.49. The van der Waals surface area contributed by atoms with Gasteiger partial charge in [0, 0.05) is 43.4 Å². The number of benzene rings is 1. The number of hydrogen-bond donors (Lipinski definition) is 0. The Bertz CT molecular complexity index is 868. The van der Waals surface area contributed by atoms with Gasteiger partial charge in [-0.25, -0.2) is 0 Å². The molecule has 5 aliphatic rings. The van der Waals surface area contributed by atoms with Crippen molar-refractivity contribution in [2.24, 2.45) is 23.2 Å². The molecule has 0 N–H and O–H groups in total. The number of nitro groups is 1. The lowest BCUT2D eigenvalue weighted by Gasteiger charge is -2.57. The zero-order valence-corrected chi connectivity index (χ0v) is 17.5. The lowest BCUT2D eigenvalue weighted by Crippen LogP contribution is -2.58. The number of nitro benzene ring substituents is 1. The van der Waals surface area contributed by atoms with Crippen LogP contribution in [0.25, 0.3) is 0 Å². The predicted octanol–water partition coefficient (Wildman–Crippen LogP) is 3.40. The van der Waals surface area contributed by atoms with Crippen LogP contribution in [-0.2, 0) is 4.79 Å². The third-order valence-electron chi connectivity index (χ3n) is 7.99. The topological polar surface area (TPSA) is 83.8 Å². The number of nitrogens with zero attached hydrogens (tertiary/aromatic N) is 3. The zero-order valence-electron chi connectivity index (χ0n) is 17.5. The van der Waals surface area contributed by atoms with E-state index in [2.05, 4.69) is 0 Å². The number of carbonyl (C=O) groups excluding carboxylic acids is 2. The van der Waals surface area contributed by atoms with Gasteiger partial charge in [0.25, 0.3) is 11.6 Å². The van der Waals surface area contributed by atoms with Gasteiger partial charge in [0.05, 0.1) is 10.3 Å². The fraction of sp³-hybridized carbons (Fsp3) is 0.652. The van der Waals surface area contributed by atoms with E-state index >= 15 is 0 Å². The molecule has 2 amide bonds. The Morgan fingerprint density at radius 1 is 0.967 bits per heavy atom. The second-order valence-corrected chi connectivity index (χ2v) is 10.0. The first-order valence-corrected chi connectivity index (χ1v) is 11.2.